The van der Waals surface area contributed by atoms with Gasteiger partial charge in [-0.25, -0.2) is 0 Å². The molecule has 0 unspecified atom stereocenters. The number of nitrogens with one attached hydrogen (secondary N) is 1. The molecule has 1 aliphatic rings. The number of carbonyl (C=O) groups excluding carboxylic acids is 2. The van der Waals surface area contributed by atoms with Gasteiger partial charge in [-0.05, 0) is 44.0 Å². The zero-order valence-corrected chi connectivity index (χ0v) is 16.5. The van der Waals surface area contributed by atoms with Crippen molar-refractivity contribution in [3.05, 3.63) is 53.6 Å². The fraction of sp³-hybridized carbons (Fsp3) is 0.364. The van der Waals surface area contributed by atoms with E-state index in [4.69, 9.17) is 9.47 Å². The zero-order valence-electron chi connectivity index (χ0n) is 16.5. The Balaban J connectivity index is 1.67. The van der Waals surface area contributed by atoms with Crippen LogP contribution in [0.4, 0.5) is 5.69 Å². The van der Waals surface area contributed by atoms with Crippen molar-refractivity contribution >= 4 is 17.5 Å². The third-order valence-electron chi connectivity index (χ3n) is 5.00. The summed E-state index contributed by atoms with van der Waals surface area (Å²) in [5.74, 6) is 0.810. The van der Waals surface area contributed by atoms with E-state index in [0.717, 1.165) is 18.4 Å². The molecule has 28 heavy (non-hydrogen) atoms. The maximum absolute atomic E-state index is 12.8. The van der Waals surface area contributed by atoms with Crippen molar-refractivity contribution in [3.8, 4) is 11.5 Å². The monoisotopic (exact) mass is 382 g/mol. The summed E-state index contributed by atoms with van der Waals surface area (Å²) in [7, 11) is 3.12. The Morgan fingerprint density at radius 2 is 1.86 bits per heavy atom. The fourth-order valence-corrected chi connectivity index (χ4v) is 3.49. The van der Waals surface area contributed by atoms with Gasteiger partial charge in [0.05, 0.1) is 20.1 Å². The molecule has 1 saturated heterocycles. The summed E-state index contributed by atoms with van der Waals surface area (Å²) in [4.78, 5) is 27.3. The lowest BCUT2D eigenvalue weighted by atomic mass is 9.96. The Kier molecular flexibility index (Phi) is 6.19. The Morgan fingerprint density at radius 1 is 1.07 bits per heavy atom. The molecule has 6 heteroatoms. The molecule has 0 bridgehead atoms. The Bertz CT molecular complexity index is 865. The van der Waals surface area contributed by atoms with Crippen LogP contribution in [0.15, 0.2) is 42.5 Å². The number of likely N-dealkylation sites (tertiary alicyclic amines) is 1. The van der Waals surface area contributed by atoms with Crippen molar-refractivity contribution in [3.63, 3.8) is 0 Å². The van der Waals surface area contributed by atoms with E-state index in [9.17, 15) is 9.59 Å². The highest BCUT2D eigenvalue weighted by Crippen LogP contribution is 2.30. The molecular formula is C22H26N2O4. The number of ether oxygens (including phenoxy) is 2. The van der Waals surface area contributed by atoms with Crippen molar-refractivity contribution in [1.29, 1.82) is 0 Å². The summed E-state index contributed by atoms with van der Waals surface area (Å²) < 4.78 is 10.5. The van der Waals surface area contributed by atoms with Crippen molar-refractivity contribution in [1.82, 2.24) is 4.90 Å². The van der Waals surface area contributed by atoms with E-state index in [0.29, 0.717) is 35.8 Å². The maximum Gasteiger partial charge on any atom is 0.253 e. The number of amides is 2. The van der Waals surface area contributed by atoms with Gasteiger partial charge in [0, 0.05) is 30.4 Å². The van der Waals surface area contributed by atoms with Gasteiger partial charge in [0.1, 0.15) is 0 Å². The standard InChI is InChI=1S/C22H26N2O4/c1-15-6-4-7-16(12-15)22(26)24-11-5-8-17(14-24)21(25)23-18-9-10-19(27-2)20(13-18)28-3/h4,6-7,9-10,12-13,17H,5,8,11,14H2,1-3H3,(H,23,25)/t17-/m1/s1. The van der Waals surface area contributed by atoms with Crippen molar-refractivity contribution in [2.75, 3.05) is 32.6 Å². The molecule has 1 heterocycles. The second-order valence-electron chi connectivity index (χ2n) is 7.02. The SMILES string of the molecule is COc1ccc(NC(=O)[C@@H]2CCCN(C(=O)c3cccc(C)c3)C2)cc1OC. The summed E-state index contributed by atoms with van der Waals surface area (Å²) in [6.45, 7) is 3.06. The molecule has 0 aliphatic carbocycles. The minimum atomic E-state index is -0.240. The van der Waals surface area contributed by atoms with Crippen LogP contribution in [0.2, 0.25) is 0 Å². The molecule has 148 valence electrons. The molecule has 0 aromatic heterocycles. The number of methoxy groups -OCH3 is 2. The summed E-state index contributed by atoms with van der Waals surface area (Å²) >= 11 is 0. The van der Waals surface area contributed by atoms with Crippen molar-refractivity contribution < 1.29 is 19.1 Å². The van der Waals surface area contributed by atoms with Gasteiger partial charge >= 0.3 is 0 Å². The number of carbonyl (C=O) groups is 2. The molecule has 1 atom stereocenters. The van der Waals surface area contributed by atoms with Gasteiger partial charge in [0.15, 0.2) is 11.5 Å². The molecule has 0 saturated carbocycles. The largest absolute Gasteiger partial charge is 0.493 e. The van der Waals surface area contributed by atoms with Crippen molar-refractivity contribution in [2.24, 2.45) is 5.92 Å². The van der Waals surface area contributed by atoms with Gasteiger partial charge in [-0.2, -0.15) is 0 Å². The van der Waals surface area contributed by atoms with Crippen LogP contribution in [0.5, 0.6) is 11.5 Å². The highest BCUT2D eigenvalue weighted by atomic mass is 16.5. The van der Waals surface area contributed by atoms with E-state index in [-0.39, 0.29) is 17.7 Å². The van der Waals surface area contributed by atoms with Crippen molar-refractivity contribution in [2.45, 2.75) is 19.8 Å². The van der Waals surface area contributed by atoms with E-state index in [2.05, 4.69) is 5.32 Å². The molecule has 0 spiro atoms. The summed E-state index contributed by atoms with van der Waals surface area (Å²) in [5, 5.41) is 2.93. The second-order valence-corrected chi connectivity index (χ2v) is 7.02. The van der Waals surface area contributed by atoms with Gasteiger partial charge < -0.3 is 19.7 Å². The second kappa shape index (κ2) is 8.78. The van der Waals surface area contributed by atoms with Crippen LogP contribution < -0.4 is 14.8 Å². The third kappa shape index (κ3) is 4.44. The van der Waals surface area contributed by atoms with Crippen LogP contribution in [0.25, 0.3) is 0 Å². The predicted molar refractivity (Wildman–Crippen MR) is 108 cm³/mol. The topological polar surface area (TPSA) is 67.9 Å². The number of anilines is 1. The summed E-state index contributed by atoms with van der Waals surface area (Å²) in [5.41, 5.74) is 2.36. The first-order valence-corrected chi connectivity index (χ1v) is 9.40. The fourth-order valence-electron chi connectivity index (χ4n) is 3.49. The number of nitrogens with zero attached hydrogens (tertiary/aromatic N) is 1. The number of benzene rings is 2. The van der Waals surface area contributed by atoms with Crippen LogP contribution in [0.1, 0.15) is 28.8 Å². The van der Waals surface area contributed by atoms with Gasteiger partial charge in [-0.1, -0.05) is 17.7 Å². The highest BCUT2D eigenvalue weighted by molar-refractivity contribution is 5.96. The average Bonchev–Trinajstić information content (AvgIpc) is 2.73. The maximum atomic E-state index is 12.8. The quantitative estimate of drug-likeness (QED) is 0.859. The van der Waals surface area contributed by atoms with Gasteiger partial charge in [0.2, 0.25) is 5.91 Å². The molecule has 1 fully saturated rings. The first-order valence-electron chi connectivity index (χ1n) is 9.40. The Hall–Kier alpha value is -3.02. The minimum absolute atomic E-state index is 0.0210. The molecule has 2 aromatic carbocycles. The van der Waals surface area contributed by atoms with Gasteiger partial charge in [0.25, 0.3) is 5.91 Å². The molecule has 0 radical (unpaired) electrons. The average molecular weight is 382 g/mol. The summed E-state index contributed by atoms with van der Waals surface area (Å²) in [6.07, 6.45) is 1.57. The number of piperidine rings is 1. The van der Waals surface area contributed by atoms with Crippen LogP contribution in [0, 0.1) is 12.8 Å². The van der Waals surface area contributed by atoms with Gasteiger partial charge in [-0.3, -0.25) is 9.59 Å². The molecule has 6 nitrogen and oxygen atoms in total. The Labute approximate surface area is 165 Å². The highest BCUT2D eigenvalue weighted by Gasteiger charge is 2.29. The number of hydrogen-bond donors (Lipinski definition) is 1. The molecule has 3 rings (SSSR count). The molecule has 1 aliphatic heterocycles. The molecular weight excluding hydrogens is 356 g/mol. The van der Waals surface area contributed by atoms with E-state index < -0.39 is 0 Å². The minimum Gasteiger partial charge on any atom is -0.493 e. The Morgan fingerprint density at radius 3 is 2.57 bits per heavy atom. The first-order chi connectivity index (χ1) is 13.5. The molecule has 2 amide bonds. The zero-order chi connectivity index (χ0) is 20.1. The van der Waals surface area contributed by atoms with Crippen LogP contribution in [-0.4, -0.2) is 44.0 Å². The van der Waals surface area contributed by atoms with Crippen LogP contribution >= 0.6 is 0 Å². The number of hydrogen-bond acceptors (Lipinski definition) is 4. The van der Waals surface area contributed by atoms with E-state index in [1.165, 1.54) is 0 Å². The lowest BCUT2D eigenvalue weighted by Gasteiger charge is -2.32. The van der Waals surface area contributed by atoms with Crippen LogP contribution in [0.3, 0.4) is 0 Å². The molecule has 1 N–H and O–H groups in total. The van der Waals surface area contributed by atoms with E-state index >= 15 is 0 Å². The lowest BCUT2D eigenvalue weighted by molar-refractivity contribution is -0.121. The normalized spacial score (nSPS) is 16.4. The smallest absolute Gasteiger partial charge is 0.253 e. The summed E-state index contributed by atoms with van der Waals surface area (Å²) in [6, 6.07) is 12.8. The van der Waals surface area contributed by atoms with E-state index in [1.807, 2.05) is 31.2 Å². The van der Waals surface area contributed by atoms with E-state index in [1.54, 1.807) is 37.3 Å². The lowest BCUT2D eigenvalue weighted by Crippen LogP contribution is -2.43. The number of aryl methyl sites for hydroxylation is 1. The first kappa shape index (κ1) is 19.7. The van der Waals surface area contributed by atoms with Gasteiger partial charge in [-0.15, -0.1) is 0 Å². The van der Waals surface area contributed by atoms with Crippen LogP contribution in [-0.2, 0) is 4.79 Å². The molecule has 2 aromatic rings. The third-order valence-corrected chi connectivity index (χ3v) is 5.00. The predicted octanol–water partition coefficient (Wildman–Crippen LogP) is 3.50. The number of rotatable bonds is 5.